The molecule has 0 saturated heterocycles. The number of amides is 4. The minimum atomic E-state index is -0.982. The van der Waals surface area contributed by atoms with Gasteiger partial charge in [-0.05, 0) is 18.8 Å². The Morgan fingerprint density at radius 2 is 1.80 bits per heavy atom. The number of carboxylic acids is 1. The van der Waals surface area contributed by atoms with Gasteiger partial charge in [-0.15, -0.1) is 0 Å². The lowest BCUT2D eigenvalue weighted by atomic mass is 10.0. The molecule has 0 saturated carbocycles. The number of urea groups is 1. The zero-order chi connectivity index (χ0) is 15.5. The number of carbonyl (C=O) groups is 4. The summed E-state index contributed by atoms with van der Waals surface area (Å²) in [6.07, 6.45) is 1.26. The lowest BCUT2D eigenvalue weighted by Gasteiger charge is -2.09. The van der Waals surface area contributed by atoms with Crippen LogP contribution >= 0.6 is 0 Å². The topological polar surface area (TPSA) is 139 Å². The molecule has 1 atom stereocenters. The number of carbonyl (C=O) groups excluding carboxylic acids is 3. The first-order valence-corrected chi connectivity index (χ1v) is 6.39. The molecule has 0 aliphatic rings. The van der Waals surface area contributed by atoms with Gasteiger partial charge < -0.3 is 16.2 Å². The van der Waals surface area contributed by atoms with E-state index in [4.69, 9.17) is 10.8 Å². The van der Waals surface area contributed by atoms with E-state index in [0.717, 1.165) is 0 Å². The second kappa shape index (κ2) is 9.76. The number of hydrogen-bond donors (Lipinski definition) is 4. The van der Waals surface area contributed by atoms with Crippen molar-refractivity contribution in [2.45, 2.75) is 39.0 Å². The van der Waals surface area contributed by atoms with Crippen LogP contribution in [0, 0.1) is 5.92 Å². The van der Waals surface area contributed by atoms with Gasteiger partial charge in [0.25, 0.3) is 0 Å². The minimum absolute atomic E-state index is 0.0264. The number of rotatable bonds is 9. The van der Waals surface area contributed by atoms with E-state index in [1.54, 1.807) is 6.92 Å². The third-order valence-corrected chi connectivity index (χ3v) is 2.45. The van der Waals surface area contributed by atoms with Crippen LogP contribution in [-0.4, -0.2) is 35.5 Å². The number of hydrogen-bond acceptors (Lipinski definition) is 4. The molecule has 0 aliphatic heterocycles. The highest BCUT2D eigenvalue weighted by atomic mass is 16.4. The van der Waals surface area contributed by atoms with Crippen molar-refractivity contribution in [3.8, 4) is 0 Å². The molecular weight excluding hydrogens is 266 g/mol. The maximum Gasteiger partial charge on any atom is 0.321 e. The number of nitrogens with one attached hydrogen (secondary N) is 2. The molecule has 0 bridgehead atoms. The number of primary amides is 1. The van der Waals surface area contributed by atoms with E-state index in [0.29, 0.717) is 19.4 Å². The van der Waals surface area contributed by atoms with Gasteiger partial charge in [0.15, 0.2) is 0 Å². The van der Waals surface area contributed by atoms with Crippen LogP contribution in [0.3, 0.4) is 0 Å². The maximum atomic E-state index is 11.4. The van der Waals surface area contributed by atoms with Crippen LogP contribution < -0.4 is 16.4 Å². The Labute approximate surface area is 117 Å². The summed E-state index contributed by atoms with van der Waals surface area (Å²) >= 11 is 0. The van der Waals surface area contributed by atoms with Crippen LogP contribution in [0.15, 0.2) is 0 Å². The van der Waals surface area contributed by atoms with Crippen molar-refractivity contribution in [3.05, 3.63) is 0 Å². The van der Waals surface area contributed by atoms with Crippen LogP contribution in [0.2, 0.25) is 0 Å². The molecule has 0 aromatic carbocycles. The molecule has 1 unspecified atom stereocenters. The zero-order valence-electron chi connectivity index (χ0n) is 11.5. The van der Waals surface area contributed by atoms with E-state index in [1.807, 2.05) is 0 Å². The molecule has 0 fully saturated rings. The Bertz CT molecular complexity index is 370. The van der Waals surface area contributed by atoms with Gasteiger partial charge in [-0.3, -0.25) is 19.7 Å². The molecule has 0 spiro atoms. The van der Waals surface area contributed by atoms with Gasteiger partial charge in [0.2, 0.25) is 11.8 Å². The highest BCUT2D eigenvalue weighted by molar-refractivity contribution is 5.94. The van der Waals surface area contributed by atoms with E-state index in [1.165, 1.54) is 0 Å². The minimum Gasteiger partial charge on any atom is -0.481 e. The molecule has 20 heavy (non-hydrogen) atoms. The molecule has 8 heteroatoms. The van der Waals surface area contributed by atoms with Gasteiger partial charge in [-0.2, -0.15) is 0 Å². The van der Waals surface area contributed by atoms with E-state index in [9.17, 15) is 19.2 Å². The third kappa shape index (κ3) is 11.0. The summed E-state index contributed by atoms with van der Waals surface area (Å²) in [6.45, 7) is 1.95. The average Bonchev–Trinajstić information content (AvgIpc) is 2.25. The molecule has 8 nitrogen and oxygen atoms in total. The highest BCUT2D eigenvalue weighted by Gasteiger charge is 2.14. The lowest BCUT2D eigenvalue weighted by Crippen LogP contribution is -2.40. The molecule has 114 valence electrons. The van der Waals surface area contributed by atoms with Crippen LogP contribution in [0.25, 0.3) is 0 Å². The van der Waals surface area contributed by atoms with Gasteiger partial charge >= 0.3 is 12.0 Å². The predicted molar refractivity (Wildman–Crippen MR) is 70.6 cm³/mol. The first-order valence-electron chi connectivity index (χ1n) is 6.39. The number of nitrogens with two attached hydrogens (primary N) is 1. The molecule has 5 N–H and O–H groups in total. The number of aliphatic carboxylic acids is 1. The summed E-state index contributed by atoms with van der Waals surface area (Å²) in [6, 6.07) is -0.628. The first-order chi connectivity index (χ1) is 9.31. The smallest absolute Gasteiger partial charge is 0.321 e. The SMILES string of the molecule is CC(CC(=O)O)CC(=O)NC(=O)NCCCCC(N)=O. The maximum absolute atomic E-state index is 11.4. The molecule has 0 aromatic heterocycles. The fraction of sp³-hybridized carbons (Fsp3) is 0.667. The van der Waals surface area contributed by atoms with Crippen molar-refractivity contribution in [1.29, 1.82) is 0 Å². The van der Waals surface area contributed by atoms with Gasteiger partial charge in [0.05, 0.1) is 0 Å². The Morgan fingerprint density at radius 3 is 2.35 bits per heavy atom. The normalized spacial score (nSPS) is 11.4. The Morgan fingerprint density at radius 1 is 1.15 bits per heavy atom. The second-order valence-electron chi connectivity index (χ2n) is 4.63. The Kier molecular flexibility index (Phi) is 8.73. The van der Waals surface area contributed by atoms with E-state index in [2.05, 4.69) is 10.6 Å². The van der Waals surface area contributed by atoms with Gasteiger partial charge in [-0.25, -0.2) is 4.79 Å². The van der Waals surface area contributed by atoms with Crippen molar-refractivity contribution in [2.24, 2.45) is 11.7 Å². The van der Waals surface area contributed by atoms with Gasteiger partial charge in [-0.1, -0.05) is 6.92 Å². The summed E-state index contributed by atoms with van der Waals surface area (Å²) in [5.41, 5.74) is 4.96. The highest BCUT2D eigenvalue weighted by Crippen LogP contribution is 2.06. The lowest BCUT2D eigenvalue weighted by molar-refractivity contribution is -0.138. The summed E-state index contributed by atoms with van der Waals surface area (Å²) in [4.78, 5) is 43.6. The van der Waals surface area contributed by atoms with E-state index in [-0.39, 0.29) is 25.2 Å². The van der Waals surface area contributed by atoms with Crippen molar-refractivity contribution in [3.63, 3.8) is 0 Å². The fourth-order valence-electron chi connectivity index (χ4n) is 1.53. The molecule has 0 aromatic rings. The van der Waals surface area contributed by atoms with Crippen molar-refractivity contribution < 1.29 is 24.3 Å². The van der Waals surface area contributed by atoms with Crippen molar-refractivity contribution >= 4 is 23.8 Å². The molecule has 0 radical (unpaired) electrons. The summed E-state index contributed by atoms with van der Waals surface area (Å²) in [5.74, 6) is -2.23. The summed E-state index contributed by atoms with van der Waals surface area (Å²) in [5, 5.41) is 13.1. The average molecular weight is 287 g/mol. The van der Waals surface area contributed by atoms with E-state index < -0.39 is 23.8 Å². The second-order valence-corrected chi connectivity index (χ2v) is 4.63. The molecule has 0 rings (SSSR count). The number of unbranched alkanes of at least 4 members (excludes halogenated alkanes) is 1. The fourth-order valence-corrected chi connectivity index (χ4v) is 1.53. The monoisotopic (exact) mass is 287 g/mol. The number of carboxylic acid groups (broad SMARTS) is 1. The largest absolute Gasteiger partial charge is 0.481 e. The van der Waals surface area contributed by atoms with Crippen LogP contribution in [0.5, 0.6) is 0 Å². The molecule has 0 heterocycles. The van der Waals surface area contributed by atoms with Gasteiger partial charge in [0.1, 0.15) is 0 Å². The molecular formula is C12H21N3O5. The standard InChI is InChI=1S/C12H21N3O5/c1-8(7-11(18)19)6-10(17)15-12(20)14-5-3-2-4-9(13)16/h8H,2-7H2,1H3,(H2,13,16)(H,18,19)(H2,14,15,17,20). The van der Waals surface area contributed by atoms with Crippen LogP contribution in [0.1, 0.15) is 39.0 Å². The van der Waals surface area contributed by atoms with Crippen LogP contribution in [-0.2, 0) is 14.4 Å². The van der Waals surface area contributed by atoms with E-state index >= 15 is 0 Å². The third-order valence-electron chi connectivity index (χ3n) is 2.45. The summed E-state index contributed by atoms with van der Waals surface area (Å²) in [7, 11) is 0. The van der Waals surface area contributed by atoms with Crippen molar-refractivity contribution in [1.82, 2.24) is 10.6 Å². The van der Waals surface area contributed by atoms with Gasteiger partial charge in [0, 0.05) is 25.8 Å². The first kappa shape index (κ1) is 17.9. The Balaban J connectivity index is 3.72. The number of imide groups is 1. The molecule has 0 aliphatic carbocycles. The zero-order valence-corrected chi connectivity index (χ0v) is 11.5. The predicted octanol–water partition coefficient (Wildman–Crippen LogP) is -0.0313. The quantitative estimate of drug-likeness (QED) is 0.441. The summed E-state index contributed by atoms with van der Waals surface area (Å²) < 4.78 is 0. The molecule has 4 amide bonds. The van der Waals surface area contributed by atoms with Crippen LogP contribution in [0.4, 0.5) is 4.79 Å². The Hall–Kier alpha value is -2.12. The van der Waals surface area contributed by atoms with Crippen molar-refractivity contribution in [2.75, 3.05) is 6.54 Å².